The van der Waals surface area contributed by atoms with Gasteiger partial charge in [0.1, 0.15) is 19.5 Å². The fraction of sp³-hybridized carbons (Fsp3) is 0.286. The summed E-state index contributed by atoms with van der Waals surface area (Å²) in [7, 11) is 0. The standard InChI is InChI=1S/C21H19BrN6O2S2/c1-21(4-5-21)32-28-18-17(13-2-3-16-15(8-13)27-12-31-16)19(26-11-25-18)29-6-7-30-20-23-9-14(22)10-24-20/h2-3,8-12H,4-7H2,1H3,(H,25,26,28). The molecule has 3 heterocycles. The van der Waals surface area contributed by atoms with E-state index < -0.39 is 0 Å². The Morgan fingerprint density at radius 3 is 2.72 bits per heavy atom. The van der Waals surface area contributed by atoms with Crippen LogP contribution >= 0.6 is 39.2 Å². The Labute approximate surface area is 201 Å². The number of aromatic nitrogens is 5. The summed E-state index contributed by atoms with van der Waals surface area (Å²) in [5, 5.41) is 0. The molecular formula is C21H19BrN6O2S2. The molecule has 3 aromatic heterocycles. The van der Waals surface area contributed by atoms with Gasteiger partial charge in [0.05, 0.1) is 25.8 Å². The number of ether oxygens (including phenoxy) is 2. The SMILES string of the molecule is CC1(SNc2ncnc(OCCOc3ncc(Br)cn3)c2-c2ccc3scnc3c2)CC1. The zero-order chi connectivity index (χ0) is 22.0. The van der Waals surface area contributed by atoms with Gasteiger partial charge in [0.25, 0.3) is 0 Å². The predicted molar refractivity (Wildman–Crippen MR) is 130 cm³/mol. The van der Waals surface area contributed by atoms with Crippen LogP contribution in [0.1, 0.15) is 19.8 Å². The average Bonchev–Trinajstić information content (AvgIpc) is 3.36. The van der Waals surface area contributed by atoms with Gasteiger partial charge in [-0.05, 0) is 65.3 Å². The second-order valence-electron chi connectivity index (χ2n) is 7.47. The lowest BCUT2D eigenvalue weighted by Crippen LogP contribution is -2.12. The minimum absolute atomic E-state index is 0.251. The molecule has 0 bridgehead atoms. The number of hydrogen-bond donors (Lipinski definition) is 1. The molecule has 0 saturated heterocycles. The van der Waals surface area contributed by atoms with E-state index in [1.165, 1.54) is 19.2 Å². The predicted octanol–water partition coefficient (Wildman–Crippen LogP) is 5.38. The van der Waals surface area contributed by atoms with Crippen LogP contribution in [0.3, 0.4) is 0 Å². The lowest BCUT2D eigenvalue weighted by atomic mass is 10.1. The van der Waals surface area contributed by atoms with Gasteiger partial charge >= 0.3 is 6.01 Å². The van der Waals surface area contributed by atoms with Crippen molar-refractivity contribution in [2.24, 2.45) is 0 Å². The van der Waals surface area contributed by atoms with Gasteiger partial charge < -0.3 is 14.2 Å². The molecule has 164 valence electrons. The van der Waals surface area contributed by atoms with Crippen LogP contribution in [0.25, 0.3) is 21.3 Å². The summed E-state index contributed by atoms with van der Waals surface area (Å²) in [5.41, 5.74) is 4.53. The third-order valence-electron chi connectivity index (χ3n) is 4.93. The van der Waals surface area contributed by atoms with E-state index in [1.807, 2.05) is 17.6 Å². The highest BCUT2D eigenvalue weighted by Crippen LogP contribution is 2.48. The molecular weight excluding hydrogens is 512 g/mol. The van der Waals surface area contributed by atoms with E-state index in [0.717, 1.165) is 31.6 Å². The number of halogens is 1. The van der Waals surface area contributed by atoms with Crippen LogP contribution in [-0.4, -0.2) is 42.9 Å². The molecule has 1 aliphatic carbocycles. The van der Waals surface area contributed by atoms with Gasteiger partial charge in [-0.25, -0.2) is 24.9 Å². The van der Waals surface area contributed by atoms with Gasteiger partial charge in [0, 0.05) is 17.1 Å². The smallest absolute Gasteiger partial charge is 0.316 e. The van der Waals surface area contributed by atoms with Crippen LogP contribution in [0.2, 0.25) is 0 Å². The normalized spacial score (nSPS) is 14.3. The minimum Gasteiger partial charge on any atom is -0.473 e. The molecule has 5 rings (SSSR count). The summed E-state index contributed by atoms with van der Waals surface area (Å²) in [6.07, 6.45) is 7.16. The van der Waals surface area contributed by atoms with Crippen LogP contribution in [-0.2, 0) is 0 Å². The topological polar surface area (TPSA) is 94.9 Å². The van der Waals surface area contributed by atoms with E-state index >= 15 is 0 Å². The number of hydrogen-bond acceptors (Lipinski definition) is 10. The van der Waals surface area contributed by atoms with Crippen molar-refractivity contribution in [1.29, 1.82) is 0 Å². The molecule has 1 saturated carbocycles. The Balaban J connectivity index is 1.37. The summed E-state index contributed by atoms with van der Waals surface area (Å²) in [6, 6.07) is 6.45. The largest absolute Gasteiger partial charge is 0.473 e. The summed E-state index contributed by atoms with van der Waals surface area (Å²) < 4.78 is 17.2. The summed E-state index contributed by atoms with van der Waals surface area (Å²) in [6.45, 7) is 2.81. The van der Waals surface area contributed by atoms with Crippen molar-refractivity contribution < 1.29 is 9.47 Å². The van der Waals surface area contributed by atoms with Crippen molar-refractivity contribution in [2.45, 2.75) is 24.5 Å². The molecule has 0 spiro atoms. The van der Waals surface area contributed by atoms with E-state index in [1.54, 1.807) is 35.7 Å². The van der Waals surface area contributed by atoms with E-state index in [4.69, 9.17) is 9.47 Å². The van der Waals surface area contributed by atoms with Crippen LogP contribution in [0.4, 0.5) is 5.82 Å². The van der Waals surface area contributed by atoms with Gasteiger partial charge in [-0.1, -0.05) is 6.07 Å². The fourth-order valence-electron chi connectivity index (χ4n) is 2.93. The Kier molecular flexibility index (Phi) is 6.11. The first-order chi connectivity index (χ1) is 15.6. The number of anilines is 1. The Bertz CT molecular complexity index is 1230. The number of thiazole rings is 1. The van der Waals surface area contributed by atoms with Gasteiger partial charge in [-0.2, -0.15) is 0 Å². The minimum atomic E-state index is 0.251. The number of nitrogens with one attached hydrogen (secondary N) is 1. The maximum atomic E-state index is 6.01. The summed E-state index contributed by atoms with van der Waals surface area (Å²) in [5.74, 6) is 1.21. The van der Waals surface area contributed by atoms with Gasteiger partial charge in [-0.15, -0.1) is 11.3 Å². The molecule has 0 amide bonds. The van der Waals surface area contributed by atoms with Gasteiger partial charge in [-0.3, -0.25) is 0 Å². The zero-order valence-electron chi connectivity index (χ0n) is 17.1. The first-order valence-electron chi connectivity index (χ1n) is 9.95. The van der Waals surface area contributed by atoms with Crippen LogP contribution < -0.4 is 14.2 Å². The van der Waals surface area contributed by atoms with Crippen LogP contribution in [0.15, 0.2) is 46.9 Å². The van der Waals surface area contributed by atoms with Crippen molar-refractivity contribution >= 4 is 55.2 Å². The third kappa shape index (κ3) is 4.94. The highest BCUT2D eigenvalue weighted by atomic mass is 79.9. The van der Waals surface area contributed by atoms with E-state index in [0.29, 0.717) is 11.9 Å². The first kappa shape index (κ1) is 21.4. The average molecular weight is 531 g/mol. The monoisotopic (exact) mass is 530 g/mol. The zero-order valence-corrected chi connectivity index (χ0v) is 20.3. The number of nitrogens with zero attached hydrogens (tertiary/aromatic N) is 5. The molecule has 1 aromatic carbocycles. The molecule has 1 aliphatic rings. The second kappa shape index (κ2) is 9.16. The lowest BCUT2D eigenvalue weighted by Gasteiger charge is -2.16. The molecule has 32 heavy (non-hydrogen) atoms. The molecule has 0 unspecified atom stereocenters. The quantitative estimate of drug-likeness (QED) is 0.226. The number of fused-ring (bicyclic) bond motifs is 1. The van der Waals surface area contributed by atoms with E-state index in [9.17, 15) is 0 Å². The van der Waals surface area contributed by atoms with Crippen molar-refractivity contribution in [3.63, 3.8) is 0 Å². The van der Waals surface area contributed by atoms with Gasteiger partial charge in [0.2, 0.25) is 5.88 Å². The fourth-order valence-corrected chi connectivity index (χ4v) is 4.59. The lowest BCUT2D eigenvalue weighted by molar-refractivity contribution is 0.202. The molecule has 0 atom stereocenters. The maximum Gasteiger partial charge on any atom is 0.316 e. The maximum absolute atomic E-state index is 6.01. The van der Waals surface area contributed by atoms with E-state index in [-0.39, 0.29) is 18.0 Å². The Morgan fingerprint density at radius 2 is 1.91 bits per heavy atom. The Morgan fingerprint density at radius 1 is 1.09 bits per heavy atom. The molecule has 0 radical (unpaired) electrons. The van der Waals surface area contributed by atoms with Crippen molar-refractivity contribution in [2.75, 3.05) is 17.9 Å². The van der Waals surface area contributed by atoms with E-state index in [2.05, 4.69) is 58.6 Å². The molecule has 8 nitrogen and oxygen atoms in total. The Hall–Kier alpha value is -2.50. The molecule has 1 fully saturated rings. The molecule has 4 aromatic rings. The molecule has 11 heteroatoms. The summed E-state index contributed by atoms with van der Waals surface area (Å²) in [4.78, 5) is 21.6. The van der Waals surface area contributed by atoms with Crippen LogP contribution in [0.5, 0.6) is 11.9 Å². The van der Waals surface area contributed by atoms with Gasteiger partial charge in [0.15, 0.2) is 5.82 Å². The molecule has 0 aliphatic heterocycles. The highest BCUT2D eigenvalue weighted by Gasteiger charge is 2.38. The number of benzene rings is 1. The van der Waals surface area contributed by atoms with Crippen LogP contribution in [0, 0.1) is 0 Å². The first-order valence-corrected chi connectivity index (χ1v) is 12.4. The highest BCUT2D eigenvalue weighted by molar-refractivity contribution is 9.10. The second-order valence-corrected chi connectivity index (χ2v) is 10.7. The number of rotatable bonds is 9. The van der Waals surface area contributed by atoms with Crippen molar-refractivity contribution in [1.82, 2.24) is 24.9 Å². The molecule has 1 N–H and O–H groups in total. The van der Waals surface area contributed by atoms with Crippen molar-refractivity contribution in [3.8, 4) is 23.0 Å². The third-order valence-corrected chi connectivity index (χ3v) is 7.35. The van der Waals surface area contributed by atoms with Crippen molar-refractivity contribution in [3.05, 3.63) is 46.9 Å². The summed E-state index contributed by atoms with van der Waals surface area (Å²) >= 11 is 6.61.